The van der Waals surface area contributed by atoms with Crippen LogP contribution < -0.4 is 29.6 Å². The standard InChI is InChI=1S/2C22H24N2O7S/c2*1-5-31-19-11-14(9-10-18(19)30-3)17(12-32(4,28)29)24-21(26)15-7-6-8-16(23-13(2)25)20(15)22(24)27/h2*6-11,17H,5,12H2,1-4H3,(H,23,25)/t2*17-/m11/s1. The van der Waals surface area contributed by atoms with E-state index in [0.717, 1.165) is 22.3 Å². The van der Waals surface area contributed by atoms with Crippen LogP contribution in [-0.4, -0.2) is 114 Å². The van der Waals surface area contributed by atoms with Crippen molar-refractivity contribution in [1.29, 1.82) is 0 Å². The summed E-state index contributed by atoms with van der Waals surface area (Å²) < 4.78 is 70.7. The molecule has 6 rings (SSSR count). The Balaban J connectivity index is 0.000000241. The normalized spacial score (nSPS) is 14.2. The first-order valence-electron chi connectivity index (χ1n) is 19.7. The molecule has 64 heavy (non-hydrogen) atoms. The van der Waals surface area contributed by atoms with Crippen LogP contribution in [0.4, 0.5) is 11.4 Å². The zero-order chi connectivity index (χ0) is 47.3. The molecule has 0 fully saturated rings. The lowest BCUT2D eigenvalue weighted by Gasteiger charge is -2.27. The van der Waals surface area contributed by atoms with Gasteiger partial charge in [0.25, 0.3) is 23.6 Å². The summed E-state index contributed by atoms with van der Waals surface area (Å²) in [6, 6.07) is 16.4. The highest BCUT2D eigenvalue weighted by Gasteiger charge is 2.45. The van der Waals surface area contributed by atoms with Crippen LogP contribution in [0.25, 0.3) is 0 Å². The molecule has 0 spiro atoms. The number of hydrogen-bond donors (Lipinski definition) is 2. The molecule has 340 valence electrons. The summed E-state index contributed by atoms with van der Waals surface area (Å²) in [5, 5.41) is 5.10. The van der Waals surface area contributed by atoms with Gasteiger partial charge in [0.1, 0.15) is 19.7 Å². The Hall–Kier alpha value is -6.80. The SMILES string of the molecule is CCOc1cc([C@@H](CS(C)(=O)=O)N2C(=O)c3cccc(NC(C)=O)c3C2=O)ccc1OC.CCOc1cc([C@@H](CS(C)(=O)=O)N2C(=O)c3cccc(NC(C)=O)c3C2=O)ccc1OC. The first-order chi connectivity index (χ1) is 30.1. The number of imide groups is 2. The van der Waals surface area contributed by atoms with Crippen LogP contribution in [-0.2, 0) is 29.3 Å². The molecule has 0 aliphatic carbocycles. The molecule has 0 saturated carbocycles. The molecule has 4 aromatic carbocycles. The van der Waals surface area contributed by atoms with Gasteiger partial charge in [0.2, 0.25) is 11.8 Å². The first kappa shape index (κ1) is 48.2. The van der Waals surface area contributed by atoms with E-state index in [4.69, 9.17) is 18.9 Å². The molecule has 2 aliphatic heterocycles. The molecule has 2 aliphatic rings. The maximum absolute atomic E-state index is 13.3. The van der Waals surface area contributed by atoms with Crippen LogP contribution in [0.5, 0.6) is 23.0 Å². The molecule has 0 aromatic heterocycles. The van der Waals surface area contributed by atoms with Crippen LogP contribution >= 0.6 is 0 Å². The minimum absolute atomic E-state index is 0.0322. The Morgan fingerprint density at radius 2 is 0.922 bits per heavy atom. The number of carbonyl (C=O) groups excluding carboxylic acids is 6. The fourth-order valence-corrected chi connectivity index (χ4v) is 9.14. The van der Waals surface area contributed by atoms with E-state index in [2.05, 4.69) is 10.6 Å². The third-order valence-corrected chi connectivity index (χ3v) is 11.6. The number of carbonyl (C=O) groups is 6. The molecule has 0 unspecified atom stereocenters. The van der Waals surface area contributed by atoms with Gasteiger partial charge in [0, 0.05) is 26.4 Å². The Labute approximate surface area is 370 Å². The fraction of sp³-hybridized carbons (Fsp3) is 0.318. The average molecular weight is 921 g/mol. The third-order valence-electron chi connectivity index (χ3n) is 9.80. The van der Waals surface area contributed by atoms with E-state index < -0.39 is 78.7 Å². The number of nitrogens with zero attached hydrogens (tertiary/aromatic N) is 2. The highest BCUT2D eigenvalue weighted by molar-refractivity contribution is 7.90. The van der Waals surface area contributed by atoms with Crippen LogP contribution in [0.15, 0.2) is 72.8 Å². The zero-order valence-corrected chi connectivity index (χ0v) is 38.0. The summed E-state index contributed by atoms with van der Waals surface area (Å²) in [5.41, 5.74) is 1.44. The number of nitrogens with one attached hydrogen (secondary N) is 2. The van der Waals surface area contributed by atoms with Crippen LogP contribution in [0, 0.1) is 0 Å². The van der Waals surface area contributed by atoms with Crippen LogP contribution in [0.3, 0.4) is 0 Å². The quantitative estimate of drug-likeness (QED) is 0.143. The van der Waals surface area contributed by atoms with Gasteiger partial charge in [-0.15, -0.1) is 0 Å². The van der Waals surface area contributed by atoms with Crippen molar-refractivity contribution in [1.82, 2.24) is 9.80 Å². The largest absolute Gasteiger partial charge is 0.493 e. The maximum Gasteiger partial charge on any atom is 0.264 e. The summed E-state index contributed by atoms with van der Waals surface area (Å²) in [7, 11) is -4.26. The topological polar surface area (TPSA) is 238 Å². The Kier molecular flexibility index (Phi) is 14.9. The Morgan fingerprint density at radius 3 is 1.22 bits per heavy atom. The number of methoxy groups -OCH3 is 2. The molecular weight excluding hydrogens is 873 g/mol. The number of sulfone groups is 2. The zero-order valence-electron chi connectivity index (χ0n) is 36.3. The lowest BCUT2D eigenvalue weighted by atomic mass is 10.1. The number of ether oxygens (including phenoxy) is 4. The minimum atomic E-state index is -3.60. The monoisotopic (exact) mass is 920 g/mol. The van der Waals surface area contributed by atoms with E-state index >= 15 is 0 Å². The van der Waals surface area contributed by atoms with E-state index in [1.165, 1.54) is 52.3 Å². The predicted octanol–water partition coefficient (Wildman–Crippen LogP) is 4.87. The van der Waals surface area contributed by atoms with E-state index in [9.17, 15) is 45.6 Å². The summed E-state index contributed by atoms with van der Waals surface area (Å²) in [6.45, 7) is 6.82. The molecule has 18 nitrogen and oxygen atoms in total. The van der Waals surface area contributed by atoms with Crippen molar-refractivity contribution in [3.63, 3.8) is 0 Å². The van der Waals surface area contributed by atoms with Crippen LogP contribution in [0.2, 0.25) is 0 Å². The highest BCUT2D eigenvalue weighted by Crippen LogP contribution is 2.40. The van der Waals surface area contributed by atoms with Crippen molar-refractivity contribution >= 4 is 66.5 Å². The van der Waals surface area contributed by atoms with Gasteiger partial charge < -0.3 is 29.6 Å². The molecule has 2 atom stereocenters. The van der Waals surface area contributed by atoms with Gasteiger partial charge in [-0.3, -0.25) is 38.6 Å². The van der Waals surface area contributed by atoms with Gasteiger partial charge in [0.15, 0.2) is 23.0 Å². The molecule has 6 amide bonds. The van der Waals surface area contributed by atoms with Crippen LogP contribution in [0.1, 0.15) is 92.3 Å². The number of rotatable bonds is 16. The van der Waals surface area contributed by atoms with Gasteiger partial charge in [-0.1, -0.05) is 24.3 Å². The molecule has 2 heterocycles. The van der Waals surface area contributed by atoms with E-state index in [1.54, 1.807) is 62.4 Å². The second kappa shape index (κ2) is 19.7. The fourth-order valence-electron chi connectivity index (χ4n) is 7.31. The van der Waals surface area contributed by atoms with Gasteiger partial charge in [-0.2, -0.15) is 0 Å². The molecule has 0 bridgehead atoms. The van der Waals surface area contributed by atoms with Crippen molar-refractivity contribution in [2.75, 3.05) is 62.1 Å². The summed E-state index contributed by atoms with van der Waals surface area (Å²) in [5.74, 6) is -2.82. The number of benzene rings is 4. The lowest BCUT2D eigenvalue weighted by molar-refractivity contribution is -0.115. The van der Waals surface area contributed by atoms with Gasteiger partial charge in [0.05, 0.1) is 84.7 Å². The van der Waals surface area contributed by atoms with E-state index in [-0.39, 0.29) is 33.6 Å². The number of hydrogen-bond acceptors (Lipinski definition) is 14. The minimum Gasteiger partial charge on any atom is -0.493 e. The van der Waals surface area contributed by atoms with Gasteiger partial charge >= 0.3 is 0 Å². The molecule has 0 saturated heterocycles. The molecule has 20 heteroatoms. The highest BCUT2D eigenvalue weighted by atomic mass is 32.2. The predicted molar refractivity (Wildman–Crippen MR) is 236 cm³/mol. The van der Waals surface area contributed by atoms with Gasteiger partial charge in [-0.25, -0.2) is 16.8 Å². The van der Waals surface area contributed by atoms with Crippen molar-refractivity contribution < 1.29 is 64.6 Å². The van der Waals surface area contributed by atoms with Crippen molar-refractivity contribution in [2.24, 2.45) is 0 Å². The lowest BCUT2D eigenvalue weighted by Crippen LogP contribution is -2.37. The molecular formula is C44H48N4O14S2. The first-order valence-corrected chi connectivity index (χ1v) is 23.8. The maximum atomic E-state index is 13.3. The summed E-state index contributed by atoms with van der Waals surface area (Å²) in [4.78, 5) is 78.1. The summed E-state index contributed by atoms with van der Waals surface area (Å²) >= 11 is 0. The second-order valence-corrected chi connectivity index (χ2v) is 19.1. The van der Waals surface area contributed by atoms with Crippen molar-refractivity contribution in [3.8, 4) is 23.0 Å². The second-order valence-electron chi connectivity index (χ2n) is 14.7. The average Bonchev–Trinajstić information content (AvgIpc) is 3.63. The molecule has 2 N–H and O–H groups in total. The van der Waals surface area contributed by atoms with Crippen molar-refractivity contribution in [3.05, 3.63) is 106 Å². The van der Waals surface area contributed by atoms with E-state index in [1.807, 2.05) is 0 Å². The Bertz CT molecular complexity index is 2570. The Morgan fingerprint density at radius 1 is 0.562 bits per heavy atom. The molecule has 0 radical (unpaired) electrons. The van der Waals surface area contributed by atoms with Crippen molar-refractivity contribution in [2.45, 2.75) is 39.8 Å². The summed E-state index contributed by atoms with van der Waals surface area (Å²) in [6.07, 6.45) is 2.07. The smallest absolute Gasteiger partial charge is 0.264 e. The molecule has 4 aromatic rings. The third kappa shape index (κ3) is 10.7. The van der Waals surface area contributed by atoms with E-state index in [0.29, 0.717) is 47.3 Å². The number of amides is 6. The number of fused-ring (bicyclic) bond motifs is 2. The number of anilines is 2. The van der Waals surface area contributed by atoms with Gasteiger partial charge in [-0.05, 0) is 73.5 Å².